The van der Waals surface area contributed by atoms with E-state index >= 15 is 0 Å². The number of halogens is 2. The van der Waals surface area contributed by atoms with E-state index in [4.69, 9.17) is 0 Å². The van der Waals surface area contributed by atoms with Gasteiger partial charge in [-0.3, -0.25) is 0 Å². The zero-order chi connectivity index (χ0) is 22.2. The molecule has 1 heterocycles. The molecule has 0 bridgehead atoms. The fraction of sp³-hybridized carbons (Fsp3) is 0.304. The molecular weight excluding hydrogens is 479 g/mol. The number of aromatic nitrogens is 2. The van der Waals surface area contributed by atoms with Crippen LogP contribution in [-0.4, -0.2) is 33.5 Å². The number of aryl methyl sites for hydroxylation is 2. The smallest absolute Gasteiger partial charge is 0.229 e. The average molecular weight is 505 g/mol. The van der Waals surface area contributed by atoms with Crippen LogP contribution >= 0.6 is 27.7 Å². The molecule has 8 heteroatoms. The molecule has 0 spiro atoms. The van der Waals surface area contributed by atoms with Crippen molar-refractivity contribution in [2.75, 3.05) is 23.0 Å². The second kappa shape index (κ2) is 11.5. The molecule has 31 heavy (non-hydrogen) atoms. The molecule has 3 aromatic rings. The van der Waals surface area contributed by atoms with Crippen molar-refractivity contribution in [3.63, 3.8) is 0 Å². The van der Waals surface area contributed by atoms with Crippen LogP contribution in [0.4, 0.5) is 21.8 Å². The van der Waals surface area contributed by atoms with Crippen LogP contribution in [0.5, 0.6) is 0 Å². The summed E-state index contributed by atoms with van der Waals surface area (Å²) in [6, 6.07) is 12.8. The number of hydrogen-bond donors (Lipinski definition) is 3. The largest absolute Gasteiger partial charge is 0.394 e. The van der Waals surface area contributed by atoms with Crippen molar-refractivity contribution in [2.24, 2.45) is 0 Å². The van der Waals surface area contributed by atoms with Crippen LogP contribution in [0, 0.1) is 12.7 Å². The Kier molecular flexibility index (Phi) is 8.69. The summed E-state index contributed by atoms with van der Waals surface area (Å²) in [5.74, 6) is 1.81. The van der Waals surface area contributed by atoms with E-state index in [0.29, 0.717) is 11.8 Å². The summed E-state index contributed by atoms with van der Waals surface area (Å²) in [5.41, 5.74) is 3.22. The Morgan fingerprint density at radius 3 is 2.68 bits per heavy atom. The maximum Gasteiger partial charge on any atom is 0.229 e. The minimum Gasteiger partial charge on any atom is -0.394 e. The first-order valence-corrected chi connectivity index (χ1v) is 11.9. The number of aliphatic hydroxyl groups is 1. The van der Waals surface area contributed by atoms with Gasteiger partial charge in [0.1, 0.15) is 11.6 Å². The van der Waals surface area contributed by atoms with Gasteiger partial charge in [-0.05, 0) is 71.1 Å². The minimum absolute atomic E-state index is 0.0339. The van der Waals surface area contributed by atoms with E-state index in [0.717, 1.165) is 34.3 Å². The zero-order valence-corrected chi connectivity index (χ0v) is 19.9. The minimum atomic E-state index is -0.207. The van der Waals surface area contributed by atoms with Gasteiger partial charge in [0.05, 0.1) is 17.1 Å². The maximum absolute atomic E-state index is 13.1. The summed E-state index contributed by atoms with van der Waals surface area (Å²) in [5, 5.41) is 15.9. The van der Waals surface area contributed by atoms with E-state index in [2.05, 4.69) is 55.6 Å². The second-order valence-corrected chi connectivity index (χ2v) is 9.14. The number of benzene rings is 2. The van der Waals surface area contributed by atoms with E-state index < -0.39 is 0 Å². The van der Waals surface area contributed by atoms with Gasteiger partial charge in [0.2, 0.25) is 5.95 Å². The second-order valence-electron chi connectivity index (χ2n) is 7.15. The van der Waals surface area contributed by atoms with E-state index in [1.165, 1.54) is 22.6 Å². The van der Waals surface area contributed by atoms with E-state index in [1.54, 1.807) is 18.0 Å². The standard InChI is InChI=1S/C23H26BrFN4OS/c1-3-18(14-30)27-22-20(24)13-26-23(29-22)28-19-9-4-15(2)21(12-19)31-11-10-16-5-7-17(25)8-6-16/h4-9,12-13,18,30H,3,10-11,14H2,1-2H3,(H2,26,27,28,29). The summed E-state index contributed by atoms with van der Waals surface area (Å²) < 4.78 is 13.8. The molecule has 164 valence electrons. The topological polar surface area (TPSA) is 70.1 Å². The number of thioether (sulfide) groups is 1. The molecular formula is C23H26BrFN4OS. The Morgan fingerprint density at radius 1 is 1.19 bits per heavy atom. The first-order valence-electron chi connectivity index (χ1n) is 10.1. The fourth-order valence-corrected chi connectivity index (χ4v) is 4.26. The first-order chi connectivity index (χ1) is 15.0. The normalized spacial score (nSPS) is 11.9. The van der Waals surface area contributed by atoms with Crippen LogP contribution in [0.25, 0.3) is 0 Å². The molecule has 0 saturated heterocycles. The number of hydrogen-bond acceptors (Lipinski definition) is 6. The molecule has 3 N–H and O–H groups in total. The van der Waals surface area contributed by atoms with Gasteiger partial charge >= 0.3 is 0 Å². The third kappa shape index (κ3) is 6.92. The maximum atomic E-state index is 13.1. The van der Waals surface area contributed by atoms with E-state index in [-0.39, 0.29) is 18.5 Å². The summed E-state index contributed by atoms with van der Waals surface area (Å²) in [7, 11) is 0. The Bertz CT molecular complexity index is 999. The number of nitrogens with zero attached hydrogens (tertiary/aromatic N) is 2. The molecule has 1 unspecified atom stereocenters. The van der Waals surface area contributed by atoms with Gasteiger partial charge in [-0.25, -0.2) is 9.37 Å². The first kappa shape index (κ1) is 23.5. The highest BCUT2D eigenvalue weighted by Crippen LogP contribution is 2.28. The van der Waals surface area contributed by atoms with Crippen molar-refractivity contribution in [3.8, 4) is 0 Å². The van der Waals surface area contributed by atoms with Crippen LogP contribution in [0.3, 0.4) is 0 Å². The van der Waals surface area contributed by atoms with Crippen molar-refractivity contribution in [2.45, 2.75) is 37.6 Å². The lowest BCUT2D eigenvalue weighted by Gasteiger charge is -2.16. The molecule has 0 aliphatic carbocycles. The number of aliphatic hydroxyl groups excluding tert-OH is 1. The lowest BCUT2D eigenvalue weighted by atomic mass is 10.2. The molecule has 0 saturated carbocycles. The third-order valence-electron chi connectivity index (χ3n) is 4.80. The predicted molar refractivity (Wildman–Crippen MR) is 130 cm³/mol. The van der Waals surface area contributed by atoms with Crippen LogP contribution in [0.1, 0.15) is 24.5 Å². The van der Waals surface area contributed by atoms with Crippen LogP contribution in [-0.2, 0) is 6.42 Å². The zero-order valence-electron chi connectivity index (χ0n) is 17.5. The van der Waals surface area contributed by atoms with Crippen molar-refractivity contribution in [3.05, 3.63) is 70.1 Å². The Balaban J connectivity index is 1.66. The monoisotopic (exact) mass is 504 g/mol. The van der Waals surface area contributed by atoms with Gasteiger partial charge in [-0.1, -0.05) is 25.1 Å². The molecule has 5 nitrogen and oxygen atoms in total. The van der Waals surface area contributed by atoms with Gasteiger partial charge in [0, 0.05) is 22.5 Å². The SMILES string of the molecule is CCC(CO)Nc1nc(Nc2ccc(C)c(SCCc3ccc(F)cc3)c2)ncc1Br. The summed E-state index contributed by atoms with van der Waals surface area (Å²) in [6.07, 6.45) is 3.34. The molecule has 0 aliphatic heterocycles. The van der Waals surface area contributed by atoms with Crippen molar-refractivity contribution < 1.29 is 9.50 Å². The highest BCUT2D eigenvalue weighted by Gasteiger charge is 2.11. The number of rotatable bonds is 10. The molecule has 0 fully saturated rings. The van der Waals surface area contributed by atoms with Crippen LogP contribution in [0.15, 0.2) is 58.0 Å². The molecule has 0 radical (unpaired) electrons. The van der Waals surface area contributed by atoms with Crippen LogP contribution < -0.4 is 10.6 Å². The van der Waals surface area contributed by atoms with Crippen molar-refractivity contribution in [1.82, 2.24) is 9.97 Å². The Hall–Kier alpha value is -2.16. The van der Waals surface area contributed by atoms with Gasteiger partial charge in [-0.2, -0.15) is 4.98 Å². The van der Waals surface area contributed by atoms with Gasteiger partial charge in [0.15, 0.2) is 0 Å². The average Bonchev–Trinajstić information content (AvgIpc) is 2.77. The highest BCUT2D eigenvalue weighted by molar-refractivity contribution is 9.10. The lowest BCUT2D eigenvalue weighted by molar-refractivity contribution is 0.271. The molecule has 0 amide bonds. The molecule has 3 rings (SSSR count). The van der Waals surface area contributed by atoms with Gasteiger partial charge in [-0.15, -0.1) is 11.8 Å². The van der Waals surface area contributed by atoms with Gasteiger partial charge < -0.3 is 15.7 Å². The van der Waals surface area contributed by atoms with Crippen molar-refractivity contribution in [1.29, 1.82) is 0 Å². The predicted octanol–water partition coefficient (Wildman–Crippen LogP) is 5.95. The number of anilines is 3. The summed E-state index contributed by atoms with van der Waals surface area (Å²) >= 11 is 5.22. The molecule has 1 atom stereocenters. The van der Waals surface area contributed by atoms with Gasteiger partial charge in [0.25, 0.3) is 0 Å². The van der Waals surface area contributed by atoms with Crippen LogP contribution in [0.2, 0.25) is 0 Å². The van der Waals surface area contributed by atoms with E-state index in [9.17, 15) is 9.50 Å². The lowest BCUT2D eigenvalue weighted by Crippen LogP contribution is -2.23. The Labute approximate surface area is 195 Å². The summed E-state index contributed by atoms with van der Waals surface area (Å²) in [6.45, 7) is 4.12. The highest BCUT2D eigenvalue weighted by atomic mass is 79.9. The van der Waals surface area contributed by atoms with Crippen molar-refractivity contribution >= 4 is 45.1 Å². The molecule has 0 aliphatic rings. The molecule has 1 aromatic heterocycles. The fourth-order valence-electron chi connectivity index (χ4n) is 2.89. The molecule has 2 aromatic carbocycles. The number of nitrogens with one attached hydrogen (secondary N) is 2. The summed E-state index contributed by atoms with van der Waals surface area (Å²) in [4.78, 5) is 10.1. The Morgan fingerprint density at radius 2 is 1.97 bits per heavy atom. The van der Waals surface area contributed by atoms with E-state index in [1.807, 2.05) is 25.1 Å². The quantitative estimate of drug-likeness (QED) is 0.296. The third-order valence-corrected chi connectivity index (χ3v) is 6.54.